The highest BCUT2D eigenvalue weighted by atomic mass is 127. The van der Waals surface area contributed by atoms with Crippen LogP contribution < -0.4 is 5.32 Å². The van der Waals surface area contributed by atoms with Gasteiger partial charge in [0.25, 0.3) is 0 Å². The van der Waals surface area contributed by atoms with Crippen molar-refractivity contribution in [1.82, 2.24) is 5.32 Å². The third-order valence-electron chi connectivity index (χ3n) is 3.53. The zero-order valence-corrected chi connectivity index (χ0v) is 17.0. The van der Waals surface area contributed by atoms with Crippen LogP contribution in [0.15, 0.2) is 30.3 Å². The molecule has 5 nitrogen and oxygen atoms in total. The van der Waals surface area contributed by atoms with Gasteiger partial charge in [-0.3, -0.25) is 0 Å². The van der Waals surface area contributed by atoms with Gasteiger partial charge in [0.15, 0.2) is 5.79 Å². The van der Waals surface area contributed by atoms with Crippen molar-refractivity contribution in [2.45, 2.75) is 62.1 Å². The number of nitrogens with one attached hydrogen (secondary N) is 1. The molecule has 0 bridgehead atoms. The molecule has 1 N–H and O–H groups in total. The number of benzene rings is 1. The van der Waals surface area contributed by atoms with Crippen LogP contribution in [0.3, 0.4) is 0 Å². The summed E-state index contributed by atoms with van der Waals surface area (Å²) in [6, 6.07) is 9.62. The number of ether oxygens (including phenoxy) is 3. The minimum Gasteiger partial charge on any atom is -0.444 e. The number of alkyl carbamates (subject to hydrolysis) is 1. The van der Waals surface area contributed by atoms with E-state index in [0.717, 1.165) is 5.56 Å². The predicted octanol–water partition coefficient (Wildman–Crippen LogP) is 4.21. The van der Waals surface area contributed by atoms with Crippen LogP contribution >= 0.6 is 22.6 Å². The van der Waals surface area contributed by atoms with Crippen LogP contribution in [0.5, 0.6) is 0 Å². The van der Waals surface area contributed by atoms with Crippen LogP contribution in [0.1, 0.15) is 46.2 Å². The molecule has 0 radical (unpaired) electrons. The number of alkyl halides is 1. The number of amides is 1. The maximum Gasteiger partial charge on any atom is 0.408 e. The normalized spacial score (nSPS) is 22.7. The molecule has 1 fully saturated rings. The molecule has 1 aliphatic heterocycles. The zero-order valence-electron chi connectivity index (χ0n) is 14.8. The number of rotatable bonds is 4. The number of hydrogen-bond acceptors (Lipinski definition) is 4. The van der Waals surface area contributed by atoms with E-state index in [1.165, 1.54) is 0 Å². The van der Waals surface area contributed by atoms with Crippen molar-refractivity contribution >= 4 is 28.7 Å². The lowest BCUT2D eigenvalue weighted by atomic mass is 10.0. The Hall–Kier alpha value is -0.860. The molecule has 0 spiro atoms. The molecule has 1 aromatic rings. The van der Waals surface area contributed by atoms with Crippen LogP contribution in [-0.2, 0) is 14.2 Å². The van der Waals surface area contributed by atoms with Gasteiger partial charge in [0.2, 0.25) is 0 Å². The molecule has 0 aliphatic carbocycles. The fraction of sp³-hybridized carbons (Fsp3) is 0.611. The van der Waals surface area contributed by atoms with Gasteiger partial charge in [-0.05, 0) is 40.2 Å². The molecule has 1 aromatic carbocycles. The molecule has 1 amide bonds. The summed E-state index contributed by atoms with van der Waals surface area (Å²) in [5.41, 5.74) is 0.470. The van der Waals surface area contributed by atoms with E-state index in [9.17, 15) is 4.79 Å². The summed E-state index contributed by atoms with van der Waals surface area (Å²) >= 11 is 2.32. The van der Waals surface area contributed by atoms with Crippen molar-refractivity contribution in [1.29, 1.82) is 0 Å². The lowest BCUT2D eigenvalue weighted by molar-refractivity contribution is -0.138. The van der Waals surface area contributed by atoms with Gasteiger partial charge in [-0.2, -0.15) is 0 Å². The molecule has 3 atom stereocenters. The van der Waals surface area contributed by atoms with Crippen LogP contribution in [0.2, 0.25) is 0 Å². The fourth-order valence-corrected chi connectivity index (χ4v) is 3.48. The van der Waals surface area contributed by atoms with E-state index in [1.807, 2.05) is 65.0 Å². The second-order valence-corrected chi connectivity index (χ2v) is 8.78. The third kappa shape index (κ3) is 5.60. The van der Waals surface area contributed by atoms with Gasteiger partial charge >= 0.3 is 6.09 Å². The largest absolute Gasteiger partial charge is 0.444 e. The highest BCUT2D eigenvalue weighted by molar-refractivity contribution is 14.1. The van der Waals surface area contributed by atoms with Crippen LogP contribution in [0.4, 0.5) is 4.79 Å². The lowest BCUT2D eigenvalue weighted by Gasteiger charge is -2.29. The number of halogens is 1. The van der Waals surface area contributed by atoms with Crippen LogP contribution in [-0.4, -0.2) is 34.1 Å². The summed E-state index contributed by atoms with van der Waals surface area (Å²) in [7, 11) is 0. The first-order valence-electron chi connectivity index (χ1n) is 8.08. The Kier molecular flexibility index (Phi) is 6.14. The Balaban J connectivity index is 2.16. The molecule has 1 heterocycles. The quantitative estimate of drug-likeness (QED) is 0.555. The minimum absolute atomic E-state index is 0.000654. The molecule has 134 valence electrons. The minimum atomic E-state index is -0.596. The third-order valence-corrected chi connectivity index (χ3v) is 5.06. The summed E-state index contributed by atoms with van der Waals surface area (Å²) in [4.78, 5) is 12.3. The molecular weight excluding hydrogens is 421 g/mol. The first kappa shape index (κ1) is 19.5. The van der Waals surface area contributed by atoms with E-state index in [-0.39, 0.29) is 16.1 Å². The van der Waals surface area contributed by atoms with E-state index in [0.29, 0.717) is 6.61 Å². The molecule has 6 heteroatoms. The zero-order chi connectivity index (χ0) is 18.0. The standard InChI is InChI=1S/C18H26INO4/c1-17(2,3)24-16(21)20-15(12-9-7-6-8-10-12)14(19)13-11-22-18(4,5)23-13/h6-10,13-15H,11H2,1-5H3,(H,20,21)/t13-,14-,15+/m1/s1. The second-order valence-electron chi connectivity index (χ2n) is 7.35. The predicted molar refractivity (Wildman–Crippen MR) is 101 cm³/mol. The van der Waals surface area contributed by atoms with Gasteiger partial charge in [-0.25, -0.2) is 4.79 Å². The Bertz CT molecular complexity index is 556. The van der Waals surface area contributed by atoms with E-state index < -0.39 is 17.5 Å². The van der Waals surface area contributed by atoms with Gasteiger partial charge in [0.05, 0.1) is 22.7 Å². The Morgan fingerprint density at radius 3 is 2.46 bits per heavy atom. The van der Waals surface area contributed by atoms with Crippen molar-refractivity contribution in [3.63, 3.8) is 0 Å². The average molecular weight is 447 g/mol. The summed E-state index contributed by atoms with van der Waals surface area (Å²) < 4.78 is 17.1. The van der Waals surface area contributed by atoms with Gasteiger partial charge in [0.1, 0.15) is 5.60 Å². The lowest BCUT2D eigenvalue weighted by Crippen LogP contribution is -2.42. The van der Waals surface area contributed by atoms with Crippen molar-refractivity contribution < 1.29 is 19.0 Å². The SMILES string of the molecule is CC(C)(C)OC(=O)N[C@@H](c1ccccc1)[C@H](I)[C@H]1COC(C)(C)O1. The molecule has 2 rings (SSSR count). The monoisotopic (exact) mass is 447 g/mol. The second kappa shape index (κ2) is 7.58. The van der Waals surface area contributed by atoms with E-state index in [2.05, 4.69) is 27.9 Å². The topological polar surface area (TPSA) is 56.8 Å². The summed E-state index contributed by atoms with van der Waals surface area (Å²) in [6.07, 6.45) is -0.545. The van der Waals surface area contributed by atoms with Gasteiger partial charge in [-0.1, -0.05) is 52.9 Å². The Labute approximate surface area is 157 Å². The van der Waals surface area contributed by atoms with E-state index >= 15 is 0 Å². The molecule has 1 saturated heterocycles. The van der Waals surface area contributed by atoms with Gasteiger partial charge in [-0.15, -0.1) is 0 Å². The highest BCUT2D eigenvalue weighted by Gasteiger charge is 2.40. The van der Waals surface area contributed by atoms with Crippen LogP contribution in [0.25, 0.3) is 0 Å². The molecule has 0 aromatic heterocycles. The molecular formula is C18H26INO4. The van der Waals surface area contributed by atoms with Crippen molar-refractivity contribution in [3.05, 3.63) is 35.9 Å². The maximum atomic E-state index is 12.3. The Morgan fingerprint density at radius 2 is 1.96 bits per heavy atom. The first-order chi connectivity index (χ1) is 11.1. The maximum absolute atomic E-state index is 12.3. The van der Waals surface area contributed by atoms with Crippen molar-refractivity contribution in [3.8, 4) is 0 Å². The smallest absolute Gasteiger partial charge is 0.408 e. The number of hydrogen-bond donors (Lipinski definition) is 1. The summed E-state index contributed by atoms with van der Waals surface area (Å²) in [6.45, 7) is 9.84. The fourth-order valence-electron chi connectivity index (χ4n) is 2.53. The Morgan fingerprint density at radius 1 is 1.33 bits per heavy atom. The van der Waals surface area contributed by atoms with Crippen molar-refractivity contribution in [2.24, 2.45) is 0 Å². The van der Waals surface area contributed by atoms with E-state index in [4.69, 9.17) is 14.2 Å². The molecule has 0 saturated carbocycles. The highest BCUT2D eigenvalue weighted by Crippen LogP contribution is 2.34. The average Bonchev–Trinajstić information content (AvgIpc) is 2.83. The van der Waals surface area contributed by atoms with Crippen molar-refractivity contribution in [2.75, 3.05) is 6.61 Å². The molecule has 0 unspecified atom stereocenters. The van der Waals surface area contributed by atoms with Gasteiger partial charge < -0.3 is 19.5 Å². The first-order valence-corrected chi connectivity index (χ1v) is 9.32. The molecule has 1 aliphatic rings. The molecule has 24 heavy (non-hydrogen) atoms. The number of carbonyl (C=O) groups excluding carboxylic acids is 1. The number of carbonyl (C=O) groups is 1. The summed E-state index contributed by atoms with van der Waals surface area (Å²) in [5.74, 6) is -0.596. The van der Waals surface area contributed by atoms with Crippen LogP contribution in [0, 0.1) is 0 Å². The van der Waals surface area contributed by atoms with E-state index in [1.54, 1.807) is 0 Å². The summed E-state index contributed by atoms with van der Waals surface area (Å²) in [5, 5.41) is 2.99. The van der Waals surface area contributed by atoms with Gasteiger partial charge in [0, 0.05) is 0 Å².